The molecule has 1 aliphatic rings. The molecule has 0 N–H and O–H groups in total. The van der Waals surface area contributed by atoms with Crippen molar-refractivity contribution in [1.29, 1.82) is 0 Å². The van der Waals surface area contributed by atoms with E-state index >= 15 is 0 Å². The predicted molar refractivity (Wildman–Crippen MR) is 100 cm³/mol. The van der Waals surface area contributed by atoms with Gasteiger partial charge in [0.15, 0.2) is 0 Å². The maximum absolute atomic E-state index is 4.57. The van der Waals surface area contributed by atoms with Crippen LogP contribution in [0.5, 0.6) is 0 Å². The second-order valence-electron chi connectivity index (χ2n) is 6.84. The molecule has 0 unspecified atom stereocenters. The van der Waals surface area contributed by atoms with Crippen LogP contribution in [0.3, 0.4) is 0 Å². The van der Waals surface area contributed by atoms with Crippen LogP contribution in [0.1, 0.15) is 40.5 Å². The van der Waals surface area contributed by atoms with Gasteiger partial charge in [-0.25, -0.2) is 4.98 Å². The van der Waals surface area contributed by atoms with E-state index in [1.165, 1.54) is 47.9 Å². The third kappa shape index (κ3) is 4.62. The molecule has 0 amide bonds. The molecule has 3 heterocycles. The highest BCUT2D eigenvalue weighted by Crippen LogP contribution is 2.23. The Balaban J connectivity index is 1.53. The maximum atomic E-state index is 4.57. The lowest BCUT2D eigenvalue weighted by Gasteiger charge is -2.27. The standard InChI is InChI=1S/C19H28N4S/c1-15-19(24-16(2)21-15)14-23-11-6-8-18(9-12-23)22(3)13-17-7-4-5-10-20-17/h4-5,7,10,18H,6,8-9,11-14H2,1-3H3/t18-/m0/s1. The summed E-state index contributed by atoms with van der Waals surface area (Å²) in [5.74, 6) is 0. The van der Waals surface area contributed by atoms with E-state index in [-0.39, 0.29) is 0 Å². The predicted octanol–water partition coefficient (Wildman–Crippen LogP) is 3.64. The van der Waals surface area contributed by atoms with Crippen LogP contribution in [0, 0.1) is 13.8 Å². The Hall–Kier alpha value is -1.30. The average Bonchev–Trinajstić information content (AvgIpc) is 2.76. The van der Waals surface area contributed by atoms with Gasteiger partial charge in [0.25, 0.3) is 0 Å². The lowest BCUT2D eigenvalue weighted by atomic mass is 10.1. The van der Waals surface area contributed by atoms with Crippen LogP contribution in [-0.2, 0) is 13.1 Å². The molecular weight excluding hydrogens is 316 g/mol. The number of aryl methyl sites for hydroxylation is 2. The minimum Gasteiger partial charge on any atom is -0.298 e. The van der Waals surface area contributed by atoms with E-state index in [9.17, 15) is 0 Å². The normalized spacial score (nSPS) is 19.6. The van der Waals surface area contributed by atoms with Crippen LogP contribution in [0.2, 0.25) is 0 Å². The molecule has 0 aliphatic carbocycles. The molecule has 0 radical (unpaired) electrons. The molecule has 0 aromatic carbocycles. The minimum absolute atomic E-state index is 0.654. The Morgan fingerprint density at radius 2 is 2.12 bits per heavy atom. The van der Waals surface area contributed by atoms with E-state index in [0.717, 1.165) is 18.8 Å². The van der Waals surface area contributed by atoms with Crippen LogP contribution in [-0.4, -0.2) is 45.9 Å². The first-order valence-electron chi connectivity index (χ1n) is 8.87. The van der Waals surface area contributed by atoms with E-state index < -0.39 is 0 Å². The second kappa shape index (κ2) is 8.19. The first-order chi connectivity index (χ1) is 11.6. The molecule has 2 aromatic rings. The second-order valence-corrected chi connectivity index (χ2v) is 8.13. The van der Waals surface area contributed by atoms with Crippen molar-refractivity contribution in [3.63, 3.8) is 0 Å². The van der Waals surface area contributed by atoms with E-state index in [0.29, 0.717) is 6.04 Å². The molecule has 5 heteroatoms. The number of rotatable bonds is 5. The average molecular weight is 345 g/mol. The summed E-state index contributed by atoms with van der Waals surface area (Å²) >= 11 is 1.85. The number of aromatic nitrogens is 2. The zero-order valence-electron chi connectivity index (χ0n) is 15.0. The molecule has 3 rings (SSSR count). The monoisotopic (exact) mass is 344 g/mol. The van der Waals surface area contributed by atoms with Gasteiger partial charge in [0.2, 0.25) is 0 Å². The van der Waals surface area contributed by atoms with Crippen molar-refractivity contribution in [2.45, 2.75) is 52.2 Å². The van der Waals surface area contributed by atoms with E-state index in [4.69, 9.17) is 0 Å². The van der Waals surface area contributed by atoms with Crippen molar-refractivity contribution in [1.82, 2.24) is 19.8 Å². The highest BCUT2D eigenvalue weighted by atomic mass is 32.1. The van der Waals surface area contributed by atoms with Gasteiger partial charge in [0.05, 0.1) is 16.4 Å². The number of pyridine rings is 1. The molecule has 1 atom stereocenters. The molecular formula is C19H28N4S. The quantitative estimate of drug-likeness (QED) is 0.829. The van der Waals surface area contributed by atoms with Gasteiger partial charge in [-0.3, -0.25) is 14.8 Å². The summed E-state index contributed by atoms with van der Waals surface area (Å²) in [6.45, 7) is 8.62. The minimum atomic E-state index is 0.654. The van der Waals surface area contributed by atoms with Gasteiger partial charge in [0, 0.05) is 36.8 Å². The topological polar surface area (TPSA) is 32.3 Å². The molecule has 0 saturated carbocycles. The number of hydrogen-bond acceptors (Lipinski definition) is 5. The molecule has 1 saturated heterocycles. The number of likely N-dealkylation sites (tertiary alicyclic amines) is 1. The largest absolute Gasteiger partial charge is 0.298 e. The van der Waals surface area contributed by atoms with Gasteiger partial charge < -0.3 is 0 Å². The van der Waals surface area contributed by atoms with Gasteiger partial charge in [-0.15, -0.1) is 11.3 Å². The third-order valence-corrected chi connectivity index (χ3v) is 5.98. The molecule has 0 spiro atoms. The molecule has 1 aliphatic heterocycles. The van der Waals surface area contributed by atoms with E-state index in [1.54, 1.807) is 0 Å². The fourth-order valence-corrected chi connectivity index (χ4v) is 4.52. The summed E-state index contributed by atoms with van der Waals surface area (Å²) in [5, 5.41) is 1.19. The van der Waals surface area contributed by atoms with E-state index in [2.05, 4.69) is 52.8 Å². The van der Waals surface area contributed by atoms with Gasteiger partial charge in [-0.1, -0.05) is 6.07 Å². The lowest BCUT2D eigenvalue weighted by molar-refractivity contribution is 0.204. The molecule has 130 valence electrons. The fraction of sp³-hybridized carbons (Fsp3) is 0.579. The number of hydrogen-bond donors (Lipinski definition) is 0. The lowest BCUT2D eigenvalue weighted by Crippen LogP contribution is -2.32. The highest BCUT2D eigenvalue weighted by molar-refractivity contribution is 7.11. The van der Waals surface area contributed by atoms with Crippen molar-refractivity contribution in [3.05, 3.63) is 45.7 Å². The van der Waals surface area contributed by atoms with Crippen LogP contribution < -0.4 is 0 Å². The zero-order chi connectivity index (χ0) is 16.9. The Kier molecular flexibility index (Phi) is 5.98. The molecule has 24 heavy (non-hydrogen) atoms. The van der Waals surface area contributed by atoms with Crippen molar-refractivity contribution >= 4 is 11.3 Å². The van der Waals surface area contributed by atoms with Crippen molar-refractivity contribution in [2.75, 3.05) is 20.1 Å². The Morgan fingerprint density at radius 1 is 1.25 bits per heavy atom. The SMILES string of the molecule is Cc1nc(C)c(CN2CCC[C@H](N(C)Cc3ccccn3)CC2)s1. The summed E-state index contributed by atoms with van der Waals surface area (Å²) in [6.07, 6.45) is 5.67. The Bertz CT molecular complexity index is 640. The number of thiazole rings is 1. The van der Waals surface area contributed by atoms with Gasteiger partial charge in [-0.05, 0) is 58.8 Å². The van der Waals surface area contributed by atoms with Crippen molar-refractivity contribution in [3.8, 4) is 0 Å². The van der Waals surface area contributed by atoms with Crippen molar-refractivity contribution in [2.24, 2.45) is 0 Å². The van der Waals surface area contributed by atoms with Crippen LogP contribution in [0.15, 0.2) is 24.4 Å². The smallest absolute Gasteiger partial charge is 0.0900 e. The van der Waals surface area contributed by atoms with Crippen molar-refractivity contribution < 1.29 is 0 Å². The summed E-state index contributed by atoms with van der Waals surface area (Å²) in [4.78, 5) is 15.6. The van der Waals surface area contributed by atoms with Crippen LogP contribution in [0.4, 0.5) is 0 Å². The molecule has 1 fully saturated rings. The Labute approximate surface area is 149 Å². The van der Waals surface area contributed by atoms with Gasteiger partial charge in [-0.2, -0.15) is 0 Å². The summed E-state index contributed by atoms with van der Waals surface area (Å²) in [6, 6.07) is 6.83. The third-order valence-electron chi connectivity index (χ3n) is 4.92. The summed E-state index contributed by atoms with van der Waals surface area (Å²) < 4.78 is 0. The first-order valence-corrected chi connectivity index (χ1v) is 9.69. The zero-order valence-corrected chi connectivity index (χ0v) is 15.9. The van der Waals surface area contributed by atoms with E-state index in [1.807, 2.05) is 23.6 Å². The number of nitrogens with zero attached hydrogens (tertiary/aromatic N) is 4. The summed E-state index contributed by atoms with van der Waals surface area (Å²) in [7, 11) is 2.24. The van der Waals surface area contributed by atoms with Gasteiger partial charge >= 0.3 is 0 Å². The van der Waals surface area contributed by atoms with Gasteiger partial charge in [0.1, 0.15) is 0 Å². The highest BCUT2D eigenvalue weighted by Gasteiger charge is 2.21. The molecule has 2 aromatic heterocycles. The maximum Gasteiger partial charge on any atom is 0.0900 e. The fourth-order valence-electron chi connectivity index (χ4n) is 3.54. The Morgan fingerprint density at radius 3 is 2.83 bits per heavy atom. The van der Waals surface area contributed by atoms with Crippen LogP contribution >= 0.6 is 11.3 Å². The first kappa shape index (κ1) is 17.5. The molecule has 4 nitrogen and oxygen atoms in total. The van der Waals surface area contributed by atoms with Crippen LogP contribution in [0.25, 0.3) is 0 Å². The summed E-state index contributed by atoms with van der Waals surface area (Å²) in [5.41, 5.74) is 2.38. The molecule has 0 bridgehead atoms.